The highest BCUT2D eigenvalue weighted by Gasteiger charge is 2.02. The van der Waals surface area contributed by atoms with Crippen molar-refractivity contribution in [1.82, 2.24) is 4.90 Å². The number of carbonyl (C=O) groups excluding carboxylic acids is 1. The van der Waals surface area contributed by atoms with Crippen LogP contribution in [0.5, 0.6) is 0 Å². The number of rotatable bonds is 2. The van der Waals surface area contributed by atoms with E-state index in [1.165, 1.54) is 0 Å². The highest BCUT2D eigenvalue weighted by molar-refractivity contribution is 6.63. The predicted octanol–water partition coefficient (Wildman–Crippen LogP) is 2.40. The molecule has 0 saturated heterocycles. The number of halogens is 1. The normalized spacial score (nSPS) is 7.19. The molecule has 0 bridgehead atoms. The fourth-order valence-corrected chi connectivity index (χ4v) is 0.740. The van der Waals surface area contributed by atoms with Crippen LogP contribution in [0.2, 0.25) is 0 Å². The fourth-order valence-electron chi connectivity index (χ4n) is 0.655. The van der Waals surface area contributed by atoms with Crippen molar-refractivity contribution in [2.45, 2.75) is 25.7 Å². The highest BCUT2D eigenvalue weighted by Crippen LogP contribution is 1.94. The molecule has 0 spiro atoms. The summed E-state index contributed by atoms with van der Waals surface area (Å²) >= 11 is 5.27. The average Bonchev–Trinajstić information content (AvgIpc) is 2.26. The lowest BCUT2D eigenvalue weighted by Crippen LogP contribution is -2.13. The second kappa shape index (κ2) is 9.55. The van der Waals surface area contributed by atoms with Gasteiger partial charge in [0.1, 0.15) is 0 Å². The van der Waals surface area contributed by atoms with E-state index >= 15 is 0 Å². The number of hydrogen-bond acceptors (Lipinski definition) is 1. The topological polar surface area (TPSA) is 20.3 Å². The van der Waals surface area contributed by atoms with E-state index < -0.39 is 5.37 Å². The van der Waals surface area contributed by atoms with Crippen molar-refractivity contribution >= 4 is 17.0 Å². The molecule has 0 rings (SSSR count). The van der Waals surface area contributed by atoms with Crippen molar-refractivity contribution in [1.29, 1.82) is 0 Å². The van der Waals surface area contributed by atoms with Crippen molar-refractivity contribution in [2.75, 3.05) is 0 Å². The zero-order chi connectivity index (χ0) is 12.2. The van der Waals surface area contributed by atoms with Crippen LogP contribution >= 0.6 is 11.6 Å². The monoisotopic (exact) mass is 231 g/mol. The summed E-state index contributed by atoms with van der Waals surface area (Å²) in [6.45, 7) is 0. The molecule has 3 heteroatoms. The van der Waals surface area contributed by atoms with Crippen LogP contribution in [0.1, 0.15) is 25.7 Å². The minimum atomic E-state index is -0.735. The lowest BCUT2D eigenvalue weighted by molar-refractivity contribution is 0.250. The number of terminal acetylenes is 2. The minimum absolute atomic E-state index is 0.503. The first-order valence-electron chi connectivity index (χ1n) is 4.56. The number of nitrogens with zero attached hydrogens (tertiary/aromatic N) is 1. The Bertz CT molecular complexity index is 395. The molecule has 0 radical (unpaired) electrons. The zero-order valence-corrected chi connectivity index (χ0v) is 9.47. The lowest BCUT2D eigenvalue weighted by Gasteiger charge is -1.99. The second-order valence-corrected chi connectivity index (χ2v) is 2.90. The molecule has 1 amide bonds. The average molecular weight is 232 g/mol. The number of unbranched alkanes of at least 4 members (excludes halogenated alkanes) is 2. The van der Waals surface area contributed by atoms with Crippen LogP contribution in [0.4, 0.5) is 4.79 Å². The van der Waals surface area contributed by atoms with Gasteiger partial charge >= 0.3 is 5.37 Å². The SMILES string of the molecule is C#CCCC#CN(C#CCCC#C)C(=O)Cl. The number of amides is 1. The maximum atomic E-state index is 10.9. The molecule has 0 aromatic heterocycles. The molecule has 0 aliphatic heterocycles. The Hall–Kier alpha value is -2.00. The summed E-state index contributed by atoms with van der Waals surface area (Å²) in [6, 6.07) is 5.02. The van der Waals surface area contributed by atoms with Gasteiger partial charge in [-0.2, -0.15) is 4.90 Å². The van der Waals surface area contributed by atoms with Gasteiger partial charge in [0, 0.05) is 37.8 Å². The summed E-state index contributed by atoms with van der Waals surface area (Å²) in [5, 5.41) is -0.735. The molecule has 2 nitrogen and oxygen atoms in total. The van der Waals surface area contributed by atoms with Crippen LogP contribution in [0, 0.1) is 48.6 Å². The molecule has 0 aliphatic carbocycles. The smallest absolute Gasteiger partial charge is 0.253 e. The van der Waals surface area contributed by atoms with Crippen molar-refractivity contribution in [3.63, 3.8) is 0 Å². The quantitative estimate of drug-likeness (QED) is 0.235. The van der Waals surface area contributed by atoms with Gasteiger partial charge in [-0.1, -0.05) is 11.8 Å². The van der Waals surface area contributed by atoms with E-state index in [4.69, 9.17) is 24.4 Å². The summed E-state index contributed by atoms with van der Waals surface area (Å²) in [7, 11) is 0. The maximum absolute atomic E-state index is 10.9. The van der Waals surface area contributed by atoms with E-state index in [0.29, 0.717) is 25.7 Å². The Morgan fingerprint density at radius 3 is 1.75 bits per heavy atom. The first-order chi connectivity index (χ1) is 7.72. The Kier molecular flexibility index (Phi) is 8.36. The van der Waals surface area contributed by atoms with Crippen LogP contribution in [-0.4, -0.2) is 10.3 Å². The van der Waals surface area contributed by atoms with Gasteiger partial charge in [-0.05, 0) is 11.6 Å². The second-order valence-electron chi connectivity index (χ2n) is 2.57. The Morgan fingerprint density at radius 2 is 1.44 bits per heavy atom. The van der Waals surface area contributed by atoms with E-state index in [1.807, 2.05) is 0 Å². The first-order valence-corrected chi connectivity index (χ1v) is 4.93. The van der Waals surface area contributed by atoms with Crippen LogP contribution in [-0.2, 0) is 0 Å². The molecule has 0 heterocycles. The van der Waals surface area contributed by atoms with Crippen molar-refractivity contribution < 1.29 is 4.79 Å². The molecule has 0 saturated carbocycles. The standard InChI is InChI=1S/C13H10ClNO/c1-3-5-7-9-11-15(13(14)16)12-10-8-6-4-2/h1-2H,5-8H2. The summed E-state index contributed by atoms with van der Waals surface area (Å²) in [5.41, 5.74) is 0. The maximum Gasteiger partial charge on any atom is 0.340 e. The van der Waals surface area contributed by atoms with E-state index in [-0.39, 0.29) is 0 Å². The minimum Gasteiger partial charge on any atom is -0.253 e. The zero-order valence-electron chi connectivity index (χ0n) is 8.72. The Labute approximate surface area is 101 Å². The van der Waals surface area contributed by atoms with Crippen molar-refractivity contribution in [3.8, 4) is 48.6 Å². The van der Waals surface area contributed by atoms with Gasteiger partial charge in [-0.3, -0.25) is 4.79 Å². The molecule has 0 aliphatic rings. The third-order valence-electron chi connectivity index (χ3n) is 1.35. The molecule has 80 valence electrons. The largest absolute Gasteiger partial charge is 0.340 e. The summed E-state index contributed by atoms with van der Waals surface area (Å²) < 4.78 is 0. The molecule has 0 aromatic carbocycles. The third kappa shape index (κ3) is 7.41. The third-order valence-corrected chi connectivity index (χ3v) is 1.52. The van der Waals surface area contributed by atoms with E-state index in [0.717, 1.165) is 4.90 Å². The van der Waals surface area contributed by atoms with Crippen LogP contribution < -0.4 is 0 Å². The van der Waals surface area contributed by atoms with Gasteiger partial charge in [0.2, 0.25) is 0 Å². The molecule has 0 fully saturated rings. The summed E-state index contributed by atoms with van der Waals surface area (Å²) in [5.74, 6) is 10.3. The predicted molar refractivity (Wildman–Crippen MR) is 64.8 cm³/mol. The van der Waals surface area contributed by atoms with Crippen molar-refractivity contribution in [3.05, 3.63) is 0 Å². The highest BCUT2D eigenvalue weighted by atomic mass is 35.5. The van der Waals surface area contributed by atoms with Gasteiger partial charge in [0.25, 0.3) is 0 Å². The van der Waals surface area contributed by atoms with Crippen LogP contribution in [0.3, 0.4) is 0 Å². The summed E-state index contributed by atoms with van der Waals surface area (Å²) in [4.78, 5) is 11.8. The van der Waals surface area contributed by atoms with Gasteiger partial charge in [0.15, 0.2) is 0 Å². The van der Waals surface area contributed by atoms with Gasteiger partial charge < -0.3 is 0 Å². The lowest BCUT2D eigenvalue weighted by atomic mass is 10.3. The molecule has 0 atom stereocenters. The molecule has 16 heavy (non-hydrogen) atoms. The van der Waals surface area contributed by atoms with Crippen LogP contribution in [0.15, 0.2) is 0 Å². The Balaban J connectivity index is 4.31. The van der Waals surface area contributed by atoms with E-state index in [2.05, 4.69) is 35.8 Å². The summed E-state index contributed by atoms with van der Waals surface area (Å²) in [6.07, 6.45) is 12.2. The molecular formula is C13H10ClNO. The first kappa shape index (κ1) is 14.0. The van der Waals surface area contributed by atoms with E-state index in [1.54, 1.807) is 0 Å². The number of carbonyl (C=O) groups is 1. The molecular weight excluding hydrogens is 222 g/mol. The number of hydrogen-bond donors (Lipinski definition) is 0. The van der Waals surface area contributed by atoms with Gasteiger partial charge in [-0.25, -0.2) is 0 Å². The van der Waals surface area contributed by atoms with E-state index in [9.17, 15) is 4.79 Å². The van der Waals surface area contributed by atoms with Gasteiger partial charge in [0.05, 0.1) is 0 Å². The van der Waals surface area contributed by atoms with Crippen molar-refractivity contribution in [2.24, 2.45) is 0 Å². The molecule has 0 N–H and O–H groups in total. The van der Waals surface area contributed by atoms with Gasteiger partial charge in [-0.15, -0.1) is 24.7 Å². The fraction of sp³-hybridized carbons (Fsp3) is 0.308. The molecule has 0 unspecified atom stereocenters. The Morgan fingerprint density at radius 1 is 1.00 bits per heavy atom. The molecule has 0 aromatic rings. The van der Waals surface area contributed by atoms with Crippen LogP contribution in [0.25, 0.3) is 0 Å².